The molecule has 0 fully saturated rings. The summed E-state index contributed by atoms with van der Waals surface area (Å²) in [5.74, 6) is 0. The van der Waals surface area contributed by atoms with Crippen molar-refractivity contribution in [3.8, 4) is 0 Å². The van der Waals surface area contributed by atoms with E-state index in [0.29, 0.717) is 0 Å². The van der Waals surface area contributed by atoms with Crippen molar-refractivity contribution in [3.63, 3.8) is 0 Å². The molecule has 0 amide bonds. The molecule has 1 rings (SSSR count). The molecule has 0 saturated heterocycles. The number of alkyl halides is 2. The molecule has 1 N–H and O–H groups in total. The van der Waals surface area contributed by atoms with Gasteiger partial charge in [0.15, 0.2) is 0 Å². The van der Waals surface area contributed by atoms with Crippen molar-refractivity contribution in [1.29, 1.82) is 0 Å². The molecule has 0 heterocycles. The number of benzene rings is 1. The third kappa shape index (κ3) is 2.98. The van der Waals surface area contributed by atoms with Crippen molar-refractivity contribution in [3.05, 3.63) is 29.3 Å². The van der Waals surface area contributed by atoms with Crippen molar-refractivity contribution in [2.24, 2.45) is 0 Å². The van der Waals surface area contributed by atoms with E-state index in [1.807, 2.05) is 32.0 Å². The maximum Gasteiger partial charge on any atom is 0.258 e. The van der Waals surface area contributed by atoms with E-state index in [0.717, 1.165) is 16.8 Å². The minimum Gasteiger partial charge on any atom is -0.377 e. The minimum absolute atomic E-state index is 0.760. The fourth-order valence-corrected chi connectivity index (χ4v) is 1.38. The number of halogens is 2. The first-order valence-electron chi connectivity index (χ1n) is 4.62. The number of nitrogens with one attached hydrogen (secondary N) is 1. The van der Waals surface area contributed by atoms with Gasteiger partial charge in [0.25, 0.3) is 6.43 Å². The quantitative estimate of drug-likeness (QED) is 0.787. The molecule has 0 aliphatic carbocycles. The van der Waals surface area contributed by atoms with Crippen LogP contribution in [0.5, 0.6) is 0 Å². The second kappa shape index (κ2) is 4.40. The zero-order valence-electron chi connectivity index (χ0n) is 8.64. The van der Waals surface area contributed by atoms with E-state index < -0.39 is 12.5 Å². The van der Waals surface area contributed by atoms with Gasteiger partial charge in [0.2, 0.25) is 0 Å². The molecule has 0 spiro atoms. The Morgan fingerprint density at radius 3 is 2.00 bits per heavy atom. The summed E-state index contributed by atoms with van der Waals surface area (Å²) in [6, 6.07) is 4.94. The third-order valence-corrected chi connectivity index (χ3v) is 1.99. The lowest BCUT2D eigenvalue weighted by atomic mass is 10.1. The van der Waals surface area contributed by atoms with Crippen LogP contribution in [0.4, 0.5) is 14.5 Å². The largest absolute Gasteiger partial charge is 0.377 e. The lowest BCUT2D eigenvalue weighted by Gasteiger charge is -2.15. The van der Waals surface area contributed by atoms with E-state index >= 15 is 0 Å². The summed E-state index contributed by atoms with van der Waals surface area (Å²) >= 11 is 0. The van der Waals surface area contributed by atoms with Crippen molar-refractivity contribution >= 4 is 5.69 Å². The summed E-state index contributed by atoms with van der Waals surface area (Å²) in [4.78, 5) is 0. The summed E-state index contributed by atoms with van der Waals surface area (Å²) < 4.78 is 24.5. The standard InChI is InChI=1S/C11H15F2N/c1-7-4-8(2)6-10(5-7)14-9(3)11(12)13/h4-6,9,11,14H,1-3H3. The second-order valence-corrected chi connectivity index (χ2v) is 3.64. The summed E-state index contributed by atoms with van der Waals surface area (Å²) in [6.07, 6.45) is -2.34. The van der Waals surface area contributed by atoms with Gasteiger partial charge in [-0.25, -0.2) is 8.78 Å². The monoisotopic (exact) mass is 199 g/mol. The van der Waals surface area contributed by atoms with Crippen LogP contribution < -0.4 is 5.32 Å². The Balaban J connectivity index is 2.76. The molecule has 0 aromatic heterocycles. The lowest BCUT2D eigenvalue weighted by Crippen LogP contribution is -2.23. The Kier molecular flexibility index (Phi) is 3.44. The molecule has 1 nitrogen and oxygen atoms in total. The first-order valence-corrected chi connectivity index (χ1v) is 4.62. The van der Waals surface area contributed by atoms with E-state index in [4.69, 9.17) is 0 Å². The summed E-state index contributed by atoms with van der Waals surface area (Å²) in [7, 11) is 0. The lowest BCUT2D eigenvalue weighted by molar-refractivity contribution is 0.130. The molecule has 0 bridgehead atoms. The molecule has 1 atom stereocenters. The van der Waals surface area contributed by atoms with Crippen LogP contribution in [0.1, 0.15) is 18.1 Å². The van der Waals surface area contributed by atoms with Gasteiger partial charge < -0.3 is 5.32 Å². The van der Waals surface area contributed by atoms with Gasteiger partial charge in [0.05, 0.1) is 6.04 Å². The zero-order chi connectivity index (χ0) is 10.7. The van der Waals surface area contributed by atoms with Gasteiger partial charge in [-0.15, -0.1) is 0 Å². The topological polar surface area (TPSA) is 12.0 Å². The minimum atomic E-state index is -2.34. The highest BCUT2D eigenvalue weighted by molar-refractivity contribution is 5.49. The average molecular weight is 199 g/mol. The van der Waals surface area contributed by atoms with Crippen LogP contribution in [0, 0.1) is 13.8 Å². The van der Waals surface area contributed by atoms with Gasteiger partial charge >= 0.3 is 0 Å². The van der Waals surface area contributed by atoms with Crippen LogP contribution in [-0.4, -0.2) is 12.5 Å². The van der Waals surface area contributed by atoms with Crippen LogP contribution in [0.25, 0.3) is 0 Å². The highest BCUT2D eigenvalue weighted by atomic mass is 19.3. The fourth-order valence-electron chi connectivity index (χ4n) is 1.38. The number of hydrogen-bond acceptors (Lipinski definition) is 1. The van der Waals surface area contributed by atoms with Crippen molar-refractivity contribution < 1.29 is 8.78 Å². The average Bonchev–Trinajstić information content (AvgIpc) is 2.01. The first kappa shape index (κ1) is 11.0. The maximum atomic E-state index is 12.3. The summed E-state index contributed by atoms with van der Waals surface area (Å²) in [5.41, 5.74) is 2.92. The van der Waals surface area contributed by atoms with Crippen molar-refractivity contribution in [2.45, 2.75) is 33.2 Å². The van der Waals surface area contributed by atoms with Gasteiger partial charge in [-0.05, 0) is 44.0 Å². The van der Waals surface area contributed by atoms with Crippen LogP contribution >= 0.6 is 0 Å². The van der Waals surface area contributed by atoms with E-state index in [9.17, 15) is 8.78 Å². The highest BCUT2D eigenvalue weighted by Crippen LogP contribution is 2.16. The van der Waals surface area contributed by atoms with Gasteiger partial charge in [-0.1, -0.05) is 6.07 Å². The Labute approximate surface area is 83.1 Å². The van der Waals surface area contributed by atoms with E-state index in [1.54, 1.807) is 0 Å². The molecule has 1 unspecified atom stereocenters. The number of aryl methyl sites for hydroxylation is 2. The maximum absolute atomic E-state index is 12.3. The SMILES string of the molecule is Cc1cc(C)cc(NC(C)C(F)F)c1. The van der Waals surface area contributed by atoms with Crippen LogP contribution in [0.2, 0.25) is 0 Å². The molecule has 1 aromatic carbocycles. The molecule has 3 heteroatoms. The number of rotatable bonds is 3. The van der Waals surface area contributed by atoms with Gasteiger partial charge in [-0.3, -0.25) is 0 Å². The van der Waals surface area contributed by atoms with Crippen molar-refractivity contribution in [1.82, 2.24) is 0 Å². The molecular formula is C11H15F2N. The first-order chi connectivity index (χ1) is 6.49. The zero-order valence-corrected chi connectivity index (χ0v) is 8.64. The van der Waals surface area contributed by atoms with Gasteiger partial charge in [-0.2, -0.15) is 0 Å². The summed E-state index contributed by atoms with van der Waals surface area (Å²) in [6.45, 7) is 5.37. The normalized spacial score (nSPS) is 13.0. The Bertz CT molecular complexity index is 290. The molecule has 1 aromatic rings. The van der Waals surface area contributed by atoms with Gasteiger partial charge in [0.1, 0.15) is 0 Å². The molecule has 0 radical (unpaired) electrons. The van der Waals surface area contributed by atoms with E-state index in [1.165, 1.54) is 6.92 Å². The molecule has 0 aliphatic rings. The fraction of sp³-hybridized carbons (Fsp3) is 0.455. The molecular weight excluding hydrogens is 184 g/mol. The van der Waals surface area contributed by atoms with Crippen LogP contribution in [0.3, 0.4) is 0 Å². The molecule has 0 aliphatic heterocycles. The van der Waals surface area contributed by atoms with Crippen LogP contribution in [-0.2, 0) is 0 Å². The molecule has 78 valence electrons. The van der Waals surface area contributed by atoms with Gasteiger partial charge in [0, 0.05) is 5.69 Å². The Morgan fingerprint density at radius 2 is 1.57 bits per heavy atom. The smallest absolute Gasteiger partial charge is 0.258 e. The summed E-state index contributed by atoms with van der Waals surface area (Å²) in [5, 5.41) is 2.77. The van der Waals surface area contributed by atoms with E-state index in [2.05, 4.69) is 5.32 Å². The molecule has 14 heavy (non-hydrogen) atoms. The van der Waals surface area contributed by atoms with Crippen molar-refractivity contribution in [2.75, 3.05) is 5.32 Å². The number of anilines is 1. The Hall–Kier alpha value is -1.12. The van der Waals surface area contributed by atoms with Crippen LogP contribution in [0.15, 0.2) is 18.2 Å². The highest BCUT2D eigenvalue weighted by Gasteiger charge is 2.13. The van der Waals surface area contributed by atoms with E-state index in [-0.39, 0.29) is 0 Å². The molecule has 0 saturated carbocycles. The third-order valence-electron chi connectivity index (χ3n) is 1.99. The Morgan fingerprint density at radius 1 is 1.07 bits per heavy atom. The number of hydrogen-bond donors (Lipinski definition) is 1. The predicted octanol–water partition coefficient (Wildman–Crippen LogP) is 3.37. The predicted molar refractivity (Wildman–Crippen MR) is 55.0 cm³/mol. The second-order valence-electron chi connectivity index (χ2n) is 3.64.